The highest BCUT2D eigenvalue weighted by Crippen LogP contribution is 2.46. The number of carbonyl (C=O) groups excluding carboxylic acids is 1. The lowest BCUT2D eigenvalue weighted by Gasteiger charge is -2.45. The van der Waals surface area contributed by atoms with Crippen molar-refractivity contribution in [3.05, 3.63) is 24.0 Å². The zero-order valence-electron chi connectivity index (χ0n) is 11.3. The molecule has 1 saturated carbocycles. The number of amides is 1. The van der Waals surface area contributed by atoms with Crippen LogP contribution in [-0.4, -0.2) is 36.3 Å². The number of likely N-dealkylation sites (tertiary alicyclic amines) is 1. The molecule has 0 aromatic carbocycles. The number of carbonyl (C=O) groups is 1. The van der Waals surface area contributed by atoms with Crippen LogP contribution in [0.4, 0.5) is 3.89 Å². The fourth-order valence-electron chi connectivity index (χ4n) is 3.21. The molecule has 8 heteroatoms. The molecule has 3 rings (SSSR count). The largest absolute Gasteiger partial charge is 0.488 e. The summed E-state index contributed by atoms with van der Waals surface area (Å²) in [4.78, 5) is 18.1. The Morgan fingerprint density at radius 1 is 1.29 bits per heavy atom. The molecule has 0 unspecified atom stereocenters. The Morgan fingerprint density at radius 2 is 2.00 bits per heavy atom. The average Bonchev–Trinajstić information content (AvgIpc) is 2.80. The highest BCUT2D eigenvalue weighted by Gasteiger charge is 2.47. The molecule has 114 valence electrons. The van der Waals surface area contributed by atoms with Crippen molar-refractivity contribution in [2.45, 2.75) is 37.6 Å². The first-order chi connectivity index (χ1) is 9.90. The molecule has 1 aliphatic heterocycles. The van der Waals surface area contributed by atoms with E-state index in [0.29, 0.717) is 6.54 Å². The number of hydrogen-bond donors (Lipinski definition) is 0. The minimum absolute atomic E-state index is 0.0416. The van der Waals surface area contributed by atoms with Crippen molar-refractivity contribution in [3.8, 4) is 5.75 Å². The maximum absolute atomic E-state index is 12.6. The second-order valence-electron chi connectivity index (χ2n) is 5.52. The molecule has 2 aliphatic rings. The van der Waals surface area contributed by atoms with Gasteiger partial charge in [-0.25, -0.2) is 0 Å². The summed E-state index contributed by atoms with van der Waals surface area (Å²) in [5.41, 5.74) is 0.171. The summed E-state index contributed by atoms with van der Waals surface area (Å²) in [6, 6.07) is 1.21. The summed E-state index contributed by atoms with van der Waals surface area (Å²) in [5, 5.41) is 0. The number of pyridine rings is 1. The molecule has 1 aromatic rings. The highest BCUT2D eigenvalue weighted by atomic mass is 32.3. The first-order valence-corrected chi connectivity index (χ1v) is 8.12. The molecule has 0 atom stereocenters. The van der Waals surface area contributed by atoms with E-state index in [0.717, 1.165) is 38.3 Å². The van der Waals surface area contributed by atoms with Gasteiger partial charge in [0.25, 0.3) is 5.91 Å². The van der Waals surface area contributed by atoms with Crippen LogP contribution in [0.25, 0.3) is 0 Å². The molecule has 0 N–H and O–H groups in total. The van der Waals surface area contributed by atoms with Crippen LogP contribution in [0.5, 0.6) is 5.75 Å². The van der Waals surface area contributed by atoms with Crippen molar-refractivity contribution >= 4 is 16.4 Å². The number of rotatable bonds is 3. The van der Waals surface area contributed by atoms with Gasteiger partial charge < -0.3 is 9.08 Å². The molecule has 2 fully saturated rings. The predicted octanol–water partition coefficient (Wildman–Crippen LogP) is 1.83. The van der Waals surface area contributed by atoms with E-state index in [1.807, 2.05) is 4.90 Å². The summed E-state index contributed by atoms with van der Waals surface area (Å²) < 4.78 is 37.6. The van der Waals surface area contributed by atoms with Crippen LogP contribution in [-0.2, 0) is 10.5 Å². The lowest BCUT2D eigenvalue weighted by molar-refractivity contribution is 0.0366. The minimum atomic E-state index is -5.12. The monoisotopic (exact) mass is 314 g/mol. The Labute approximate surface area is 122 Å². The van der Waals surface area contributed by atoms with Crippen molar-refractivity contribution in [1.29, 1.82) is 0 Å². The first kappa shape index (κ1) is 14.2. The third kappa shape index (κ3) is 2.72. The van der Waals surface area contributed by atoms with Crippen molar-refractivity contribution in [2.75, 3.05) is 6.54 Å². The van der Waals surface area contributed by atoms with Gasteiger partial charge in [-0.05, 0) is 38.2 Å². The van der Waals surface area contributed by atoms with Crippen LogP contribution >= 0.6 is 0 Å². The van der Waals surface area contributed by atoms with Crippen LogP contribution < -0.4 is 4.18 Å². The predicted molar refractivity (Wildman–Crippen MR) is 71.7 cm³/mol. The molecule has 1 spiro atoms. The third-order valence-electron chi connectivity index (χ3n) is 4.28. The average molecular weight is 314 g/mol. The quantitative estimate of drug-likeness (QED) is 0.796. The third-order valence-corrected chi connectivity index (χ3v) is 4.67. The maximum atomic E-state index is 12.6. The molecule has 21 heavy (non-hydrogen) atoms. The summed E-state index contributed by atoms with van der Waals surface area (Å²) in [7, 11) is -5.12. The maximum Gasteiger partial charge on any atom is 0.488 e. The number of halogens is 1. The van der Waals surface area contributed by atoms with Crippen molar-refractivity contribution < 1.29 is 21.3 Å². The molecule has 1 saturated heterocycles. The van der Waals surface area contributed by atoms with Gasteiger partial charge in [0.1, 0.15) is 0 Å². The van der Waals surface area contributed by atoms with Gasteiger partial charge in [0.2, 0.25) is 0 Å². The fraction of sp³-hybridized carbons (Fsp3) is 0.538. The second-order valence-corrected chi connectivity index (χ2v) is 6.48. The summed E-state index contributed by atoms with van der Waals surface area (Å²) in [5.74, 6) is -0.508. The number of aromatic nitrogens is 1. The molecule has 1 aliphatic carbocycles. The van der Waals surface area contributed by atoms with E-state index in [2.05, 4.69) is 9.17 Å². The van der Waals surface area contributed by atoms with E-state index < -0.39 is 10.5 Å². The Bertz CT molecular complexity index is 673. The zero-order chi connectivity index (χ0) is 15.1. The van der Waals surface area contributed by atoms with E-state index in [1.54, 1.807) is 0 Å². The molecule has 1 aromatic heterocycles. The first-order valence-electron chi connectivity index (χ1n) is 6.81. The molecule has 0 radical (unpaired) electrons. The van der Waals surface area contributed by atoms with Gasteiger partial charge in [-0.1, -0.05) is 3.89 Å². The Hall–Kier alpha value is -1.70. The van der Waals surface area contributed by atoms with Crippen molar-refractivity contribution in [2.24, 2.45) is 0 Å². The summed E-state index contributed by atoms with van der Waals surface area (Å²) in [6.45, 7) is 0.686. The molecular weight excluding hydrogens is 299 g/mol. The van der Waals surface area contributed by atoms with Crippen molar-refractivity contribution in [3.63, 3.8) is 0 Å². The Morgan fingerprint density at radius 3 is 2.62 bits per heavy atom. The number of nitrogens with zero attached hydrogens (tertiary/aromatic N) is 2. The van der Waals surface area contributed by atoms with Gasteiger partial charge in [0.15, 0.2) is 5.75 Å². The molecular formula is C13H15FN2O4S. The van der Waals surface area contributed by atoms with E-state index >= 15 is 0 Å². The molecule has 2 heterocycles. The van der Waals surface area contributed by atoms with Crippen LogP contribution in [0.1, 0.15) is 42.5 Å². The Kier molecular flexibility index (Phi) is 3.35. The molecule has 1 amide bonds. The molecule has 0 bridgehead atoms. The van der Waals surface area contributed by atoms with E-state index in [1.165, 1.54) is 12.3 Å². The fourth-order valence-corrected chi connectivity index (χ4v) is 3.53. The zero-order valence-corrected chi connectivity index (χ0v) is 12.1. The standard InChI is InChI=1S/C13H15FN2O4S/c14-21(18,19)20-11-7-10(8-15-9-11)12(17)16-6-2-5-13(16)3-1-4-13/h7-9H,1-6H2. The lowest BCUT2D eigenvalue weighted by atomic mass is 9.74. The van der Waals surface area contributed by atoms with E-state index in [4.69, 9.17) is 0 Å². The number of hydrogen-bond acceptors (Lipinski definition) is 5. The normalized spacial score (nSPS) is 20.3. The van der Waals surface area contributed by atoms with Gasteiger partial charge >= 0.3 is 10.5 Å². The lowest BCUT2D eigenvalue weighted by Crippen LogP contribution is -2.51. The van der Waals surface area contributed by atoms with Crippen molar-refractivity contribution in [1.82, 2.24) is 9.88 Å². The van der Waals surface area contributed by atoms with E-state index in [-0.39, 0.29) is 22.8 Å². The van der Waals surface area contributed by atoms with E-state index in [9.17, 15) is 17.1 Å². The topological polar surface area (TPSA) is 76.6 Å². The summed E-state index contributed by atoms with van der Waals surface area (Å²) in [6.07, 6.45) is 7.48. The van der Waals surface area contributed by atoms with Gasteiger partial charge in [0.05, 0.1) is 11.8 Å². The van der Waals surface area contributed by atoms with Crippen LogP contribution in [0.2, 0.25) is 0 Å². The molecule has 6 nitrogen and oxygen atoms in total. The smallest absolute Gasteiger partial charge is 0.357 e. The van der Waals surface area contributed by atoms with Gasteiger partial charge in [0, 0.05) is 18.3 Å². The summed E-state index contributed by atoms with van der Waals surface area (Å²) >= 11 is 0. The van der Waals surface area contributed by atoms with Gasteiger partial charge in [-0.15, -0.1) is 0 Å². The Balaban J connectivity index is 1.83. The van der Waals surface area contributed by atoms with Crippen LogP contribution in [0.3, 0.4) is 0 Å². The SMILES string of the molecule is O=C(c1cncc(OS(=O)(=O)F)c1)N1CCCC12CCC2. The van der Waals surface area contributed by atoms with Crippen LogP contribution in [0, 0.1) is 0 Å². The van der Waals surface area contributed by atoms with Gasteiger partial charge in [-0.3, -0.25) is 9.78 Å². The second kappa shape index (κ2) is 4.94. The minimum Gasteiger partial charge on any atom is -0.357 e. The van der Waals surface area contributed by atoms with Gasteiger partial charge in [-0.2, -0.15) is 8.42 Å². The highest BCUT2D eigenvalue weighted by molar-refractivity contribution is 7.81. The van der Waals surface area contributed by atoms with Crippen LogP contribution in [0.15, 0.2) is 18.5 Å².